The van der Waals surface area contributed by atoms with Gasteiger partial charge in [0.15, 0.2) is 11.3 Å². The first-order chi connectivity index (χ1) is 16.4. The molecular formula is C23H15N5O6. The standard InChI is InChI=1S/C23H15N5O6/c1-33-23(32)27-18-10-19-15(9-13(18)16-4-2-3-7-25-16)20(28-34-19)21(29)26-17-6-5-12(11-24)8-14(17)22(30)31/h2-10H,1H3,(H,26,29)(H,27,32)(H,30,31). The van der Waals surface area contributed by atoms with Gasteiger partial charge in [-0.1, -0.05) is 11.2 Å². The first-order valence-corrected chi connectivity index (χ1v) is 9.70. The highest BCUT2D eigenvalue weighted by atomic mass is 16.5. The third kappa shape index (κ3) is 4.23. The van der Waals surface area contributed by atoms with Crippen LogP contribution in [-0.4, -0.2) is 40.3 Å². The molecule has 0 fully saturated rings. The van der Waals surface area contributed by atoms with E-state index in [4.69, 9.17) is 9.78 Å². The average molecular weight is 457 g/mol. The topological polar surface area (TPSA) is 167 Å². The number of rotatable bonds is 5. The fourth-order valence-corrected chi connectivity index (χ4v) is 3.23. The summed E-state index contributed by atoms with van der Waals surface area (Å²) in [5, 5.41) is 27.6. The maximum atomic E-state index is 13.0. The van der Waals surface area contributed by atoms with Crippen LogP contribution in [0.15, 0.2) is 59.3 Å². The number of carbonyl (C=O) groups excluding carboxylic acids is 2. The smallest absolute Gasteiger partial charge is 0.411 e. The quantitative estimate of drug-likeness (QED) is 0.402. The maximum Gasteiger partial charge on any atom is 0.411 e. The molecule has 2 aromatic carbocycles. The van der Waals surface area contributed by atoms with Crippen LogP contribution in [0.25, 0.3) is 22.2 Å². The molecule has 4 rings (SSSR count). The number of ether oxygens (including phenoxy) is 1. The van der Waals surface area contributed by atoms with Crippen LogP contribution in [0, 0.1) is 11.3 Å². The van der Waals surface area contributed by atoms with Crippen LogP contribution in [-0.2, 0) is 4.74 Å². The highest BCUT2D eigenvalue weighted by molar-refractivity contribution is 6.14. The van der Waals surface area contributed by atoms with E-state index in [1.54, 1.807) is 30.5 Å². The molecule has 0 spiro atoms. The Labute approximate surface area is 191 Å². The van der Waals surface area contributed by atoms with Gasteiger partial charge in [0.2, 0.25) is 0 Å². The monoisotopic (exact) mass is 457 g/mol. The van der Waals surface area contributed by atoms with Crippen molar-refractivity contribution >= 4 is 40.3 Å². The molecule has 2 heterocycles. The molecule has 0 aliphatic rings. The zero-order valence-electron chi connectivity index (χ0n) is 17.5. The molecule has 168 valence electrons. The number of aromatic nitrogens is 2. The van der Waals surface area contributed by atoms with E-state index >= 15 is 0 Å². The normalized spacial score (nSPS) is 10.4. The Hall–Kier alpha value is -5.24. The summed E-state index contributed by atoms with van der Waals surface area (Å²) in [5.74, 6) is -2.04. The predicted molar refractivity (Wildman–Crippen MR) is 119 cm³/mol. The largest absolute Gasteiger partial charge is 0.478 e. The average Bonchev–Trinajstić information content (AvgIpc) is 3.27. The highest BCUT2D eigenvalue weighted by Crippen LogP contribution is 2.33. The number of carboxylic acid groups (broad SMARTS) is 1. The summed E-state index contributed by atoms with van der Waals surface area (Å²) in [6.07, 6.45) is 0.858. The van der Waals surface area contributed by atoms with Crippen molar-refractivity contribution in [3.63, 3.8) is 0 Å². The third-order valence-electron chi connectivity index (χ3n) is 4.82. The van der Waals surface area contributed by atoms with Gasteiger partial charge in [0, 0.05) is 17.8 Å². The summed E-state index contributed by atoms with van der Waals surface area (Å²) in [5.41, 5.74) is 1.24. The summed E-state index contributed by atoms with van der Waals surface area (Å²) >= 11 is 0. The van der Waals surface area contributed by atoms with E-state index < -0.39 is 18.0 Å². The minimum atomic E-state index is -1.31. The van der Waals surface area contributed by atoms with Gasteiger partial charge in [-0.3, -0.25) is 15.1 Å². The third-order valence-corrected chi connectivity index (χ3v) is 4.82. The number of fused-ring (bicyclic) bond motifs is 1. The van der Waals surface area contributed by atoms with E-state index in [1.165, 1.54) is 25.3 Å². The van der Waals surface area contributed by atoms with Gasteiger partial charge in [0.05, 0.1) is 46.8 Å². The van der Waals surface area contributed by atoms with E-state index in [2.05, 4.69) is 25.5 Å². The molecule has 11 nitrogen and oxygen atoms in total. The van der Waals surface area contributed by atoms with Crippen LogP contribution in [0.2, 0.25) is 0 Å². The number of anilines is 2. The van der Waals surface area contributed by atoms with E-state index in [1.807, 2.05) is 6.07 Å². The number of nitrogens with one attached hydrogen (secondary N) is 2. The van der Waals surface area contributed by atoms with Crippen molar-refractivity contribution in [3.8, 4) is 17.3 Å². The molecule has 0 bridgehead atoms. The molecule has 11 heteroatoms. The van der Waals surface area contributed by atoms with E-state index in [0.29, 0.717) is 22.3 Å². The fraction of sp³-hybridized carbons (Fsp3) is 0.0435. The second-order valence-corrected chi connectivity index (χ2v) is 6.89. The summed E-state index contributed by atoms with van der Waals surface area (Å²) in [6.45, 7) is 0. The number of pyridine rings is 1. The molecule has 0 saturated heterocycles. The second kappa shape index (κ2) is 9.09. The lowest BCUT2D eigenvalue weighted by Crippen LogP contribution is -2.15. The number of nitrogens with zero attached hydrogens (tertiary/aromatic N) is 3. The van der Waals surface area contributed by atoms with Crippen LogP contribution in [0.3, 0.4) is 0 Å². The van der Waals surface area contributed by atoms with Gasteiger partial charge >= 0.3 is 12.1 Å². The van der Waals surface area contributed by atoms with Crippen molar-refractivity contribution < 1.29 is 28.8 Å². The molecule has 0 aliphatic carbocycles. The number of carboxylic acids is 1. The Kier molecular flexibility index (Phi) is 5.88. The lowest BCUT2D eigenvalue weighted by atomic mass is 10.0. The first-order valence-electron chi connectivity index (χ1n) is 9.70. The number of carbonyl (C=O) groups is 3. The van der Waals surface area contributed by atoms with E-state index in [9.17, 15) is 19.5 Å². The minimum absolute atomic E-state index is 0.0124. The van der Waals surface area contributed by atoms with Gasteiger partial charge in [-0.05, 0) is 36.4 Å². The Balaban J connectivity index is 1.77. The van der Waals surface area contributed by atoms with Crippen molar-refractivity contribution in [3.05, 3.63) is 71.5 Å². The Morgan fingerprint density at radius 1 is 1.09 bits per heavy atom. The van der Waals surface area contributed by atoms with Crippen molar-refractivity contribution in [1.82, 2.24) is 10.1 Å². The predicted octanol–water partition coefficient (Wildman–Crippen LogP) is 3.89. The number of benzene rings is 2. The van der Waals surface area contributed by atoms with Gasteiger partial charge < -0.3 is 19.7 Å². The molecular weight excluding hydrogens is 442 g/mol. The van der Waals surface area contributed by atoms with Crippen LogP contribution in [0.4, 0.5) is 16.2 Å². The zero-order chi connectivity index (χ0) is 24.2. The molecule has 3 N–H and O–H groups in total. The van der Waals surface area contributed by atoms with E-state index in [0.717, 1.165) is 6.07 Å². The summed E-state index contributed by atoms with van der Waals surface area (Å²) in [4.78, 5) is 40.7. The van der Waals surface area contributed by atoms with Crippen molar-refractivity contribution in [2.75, 3.05) is 17.7 Å². The summed E-state index contributed by atoms with van der Waals surface area (Å²) in [6, 6.07) is 14.0. The van der Waals surface area contributed by atoms with Crippen molar-refractivity contribution in [1.29, 1.82) is 5.26 Å². The zero-order valence-corrected chi connectivity index (χ0v) is 17.5. The molecule has 34 heavy (non-hydrogen) atoms. The lowest BCUT2D eigenvalue weighted by Gasteiger charge is -2.10. The molecule has 2 amide bonds. The Morgan fingerprint density at radius 3 is 2.59 bits per heavy atom. The molecule has 0 unspecified atom stereocenters. The molecule has 0 saturated carbocycles. The van der Waals surface area contributed by atoms with Crippen LogP contribution in [0.5, 0.6) is 0 Å². The number of hydrogen-bond donors (Lipinski definition) is 3. The number of amides is 2. The summed E-state index contributed by atoms with van der Waals surface area (Å²) in [7, 11) is 1.22. The van der Waals surface area contributed by atoms with Crippen LogP contribution in [0.1, 0.15) is 26.4 Å². The number of aromatic carboxylic acids is 1. The number of nitriles is 1. The first kappa shape index (κ1) is 22.0. The molecule has 0 aliphatic heterocycles. The Bertz CT molecular complexity index is 1470. The van der Waals surface area contributed by atoms with Gasteiger partial charge in [0.25, 0.3) is 5.91 Å². The van der Waals surface area contributed by atoms with E-state index in [-0.39, 0.29) is 28.1 Å². The van der Waals surface area contributed by atoms with Gasteiger partial charge in [-0.2, -0.15) is 5.26 Å². The molecule has 4 aromatic rings. The van der Waals surface area contributed by atoms with Crippen molar-refractivity contribution in [2.24, 2.45) is 0 Å². The van der Waals surface area contributed by atoms with Gasteiger partial charge in [-0.25, -0.2) is 9.59 Å². The van der Waals surface area contributed by atoms with Crippen molar-refractivity contribution in [2.45, 2.75) is 0 Å². The van der Waals surface area contributed by atoms with Crippen LogP contribution >= 0.6 is 0 Å². The SMILES string of the molecule is COC(=O)Nc1cc2onc(C(=O)Nc3ccc(C#N)cc3C(=O)O)c2cc1-c1ccccn1. The highest BCUT2D eigenvalue weighted by Gasteiger charge is 2.22. The number of methoxy groups -OCH3 is 1. The van der Waals surface area contributed by atoms with Gasteiger partial charge in [-0.15, -0.1) is 0 Å². The fourth-order valence-electron chi connectivity index (χ4n) is 3.23. The molecule has 2 aromatic heterocycles. The molecule has 0 radical (unpaired) electrons. The maximum absolute atomic E-state index is 13.0. The lowest BCUT2D eigenvalue weighted by molar-refractivity contribution is 0.0698. The van der Waals surface area contributed by atoms with Gasteiger partial charge in [0.1, 0.15) is 0 Å². The Morgan fingerprint density at radius 2 is 1.91 bits per heavy atom. The van der Waals surface area contributed by atoms with Crippen LogP contribution < -0.4 is 10.6 Å². The number of hydrogen-bond acceptors (Lipinski definition) is 8. The summed E-state index contributed by atoms with van der Waals surface area (Å²) < 4.78 is 9.95. The molecule has 0 atom stereocenters. The minimum Gasteiger partial charge on any atom is -0.478 e. The second-order valence-electron chi connectivity index (χ2n) is 6.89.